The van der Waals surface area contributed by atoms with E-state index in [-0.39, 0.29) is 17.7 Å². The summed E-state index contributed by atoms with van der Waals surface area (Å²) in [5, 5.41) is 15.6. The number of rotatable bonds is 4. The average molecular weight is 267 g/mol. The van der Waals surface area contributed by atoms with Crippen LogP contribution in [-0.2, 0) is 4.79 Å². The molecule has 1 aliphatic rings. The van der Waals surface area contributed by atoms with Gasteiger partial charge in [-0.05, 0) is 30.2 Å². The highest BCUT2D eigenvalue weighted by Crippen LogP contribution is 2.29. The van der Waals surface area contributed by atoms with E-state index >= 15 is 0 Å². The summed E-state index contributed by atoms with van der Waals surface area (Å²) in [4.78, 5) is 22.9. The molecule has 0 saturated heterocycles. The molecular formula is C13H17NO3S. The van der Waals surface area contributed by atoms with Crippen LogP contribution >= 0.6 is 11.3 Å². The molecular weight excluding hydrogens is 250 g/mol. The number of amides is 1. The molecule has 4 nitrogen and oxygen atoms in total. The van der Waals surface area contributed by atoms with Crippen LogP contribution in [0.15, 0.2) is 16.8 Å². The molecule has 2 unspecified atom stereocenters. The molecule has 2 rings (SSSR count). The van der Waals surface area contributed by atoms with E-state index in [2.05, 4.69) is 5.32 Å². The van der Waals surface area contributed by atoms with Gasteiger partial charge in [0.1, 0.15) is 0 Å². The second kappa shape index (κ2) is 6.00. The molecule has 0 radical (unpaired) electrons. The van der Waals surface area contributed by atoms with Crippen LogP contribution in [0.5, 0.6) is 0 Å². The molecule has 0 bridgehead atoms. The van der Waals surface area contributed by atoms with Gasteiger partial charge in [-0.25, -0.2) is 0 Å². The van der Waals surface area contributed by atoms with Gasteiger partial charge in [0.15, 0.2) is 0 Å². The Morgan fingerprint density at radius 3 is 2.83 bits per heavy atom. The number of hydrogen-bond donors (Lipinski definition) is 2. The highest BCUT2D eigenvalue weighted by Gasteiger charge is 2.30. The minimum absolute atomic E-state index is 0.0684. The molecule has 0 spiro atoms. The van der Waals surface area contributed by atoms with Gasteiger partial charge in [0.2, 0.25) is 0 Å². The first kappa shape index (κ1) is 13.1. The lowest BCUT2D eigenvalue weighted by Gasteiger charge is -2.28. The summed E-state index contributed by atoms with van der Waals surface area (Å²) in [6.45, 7) is 0.464. The average Bonchev–Trinajstić information content (AvgIpc) is 2.90. The molecule has 0 aromatic carbocycles. The van der Waals surface area contributed by atoms with Gasteiger partial charge in [0.05, 0.1) is 5.92 Å². The maximum absolute atomic E-state index is 11.8. The number of nitrogens with one attached hydrogen (secondary N) is 1. The maximum Gasteiger partial charge on any atom is 0.306 e. The third kappa shape index (κ3) is 3.10. The Bertz CT molecular complexity index is 416. The zero-order valence-corrected chi connectivity index (χ0v) is 10.9. The predicted molar refractivity (Wildman–Crippen MR) is 69.7 cm³/mol. The van der Waals surface area contributed by atoms with Crippen LogP contribution in [-0.4, -0.2) is 23.5 Å². The van der Waals surface area contributed by atoms with Crippen LogP contribution in [0.4, 0.5) is 0 Å². The van der Waals surface area contributed by atoms with Crippen molar-refractivity contribution in [1.29, 1.82) is 0 Å². The number of thiophene rings is 1. The molecule has 1 amide bonds. The molecule has 1 aromatic heterocycles. The SMILES string of the molecule is O=C(NCC1CCCCC1C(=O)O)c1ccsc1. The highest BCUT2D eigenvalue weighted by molar-refractivity contribution is 7.08. The van der Waals surface area contributed by atoms with E-state index in [1.807, 2.05) is 5.38 Å². The minimum atomic E-state index is -0.732. The van der Waals surface area contributed by atoms with Crippen molar-refractivity contribution in [2.24, 2.45) is 11.8 Å². The van der Waals surface area contributed by atoms with Gasteiger partial charge >= 0.3 is 5.97 Å². The van der Waals surface area contributed by atoms with Crippen LogP contribution in [0.3, 0.4) is 0 Å². The second-order valence-electron chi connectivity index (χ2n) is 4.71. The normalized spacial score (nSPS) is 23.6. The molecule has 0 aliphatic heterocycles. The molecule has 2 atom stereocenters. The number of carbonyl (C=O) groups excluding carboxylic acids is 1. The zero-order chi connectivity index (χ0) is 13.0. The zero-order valence-electron chi connectivity index (χ0n) is 10.1. The summed E-state index contributed by atoms with van der Waals surface area (Å²) >= 11 is 1.48. The Morgan fingerprint density at radius 1 is 1.39 bits per heavy atom. The van der Waals surface area contributed by atoms with Crippen LogP contribution in [0.2, 0.25) is 0 Å². The van der Waals surface area contributed by atoms with Crippen molar-refractivity contribution in [1.82, 2.24) is 5.32 Å². The third-order valence-corrected chi connectivity index (χ3v) is 4.22. The van der Waals surface area contributed by atoms with E-state index in [9.17, 15) is 9.59 Å². The van der Waals surface area contributed by atoms with E-state index in [1.165, 1.54) is 11.3 Å². The van der Waals surface area contributed by atoms with E-state index in [1.54, 1.807) is 11.4 Å². The van der Waals surface area contributed by atoms with Crippen molar-refractivity contribution in [3.8, 4) is 0 Å². The number of carboxylic acids is 1. The van der Waals surface area contributed by atoms with Gasteiger partial charge in [-0.1, -0.05) is 12.8 Å². The first-order chi connectivity index (χ1) is 8.68. The lowest BCUT2D eigenvalue weighted by atomic mass is 9.79. The van der Waals surface area contributed by atoms with E-state index < -0.39 is 5.97 Å². The summed E-state index contributed by atoms with van der Waals surface area (Å²) in [7, 11) is 0. The standard InChI is InChI=1S/C13H17NO3S/c15-12(10-5-6-18-8-10)14-7-9-3-1-2-4-11(9)13(16)17/h5-6,8-9,11H,1-4,7H2,(H,14,15)(H,16,17). The quantitative estimate of drug-likeness (QED) is 0.880. The Hall–Kier alpha value is -1.36. The lowest BCUT2D eigenvalue weighted by Crippen LogP contribution is -2.37. The summed E-state index contributed by atoms with van der Waals surface area (Å²) in [6.07, 6.45) is 3.66. The van der Waals surface area contributed by atoms with Crippen molar-refractivity contribution in [3.05, 3.63) is 22.4 Å². The first-order valence-electron chi connectivity index (χ1n) is 6.21. The van der Waals surface area contributed by atoms with E-state index in [0.717, 1.165) is 25.7 Å². The van der Waals surface area contributed by atoms with Crippen LogP contribution < -0.4 is 5.32 Å². The molecule has 1 heterocycles. The van der Waals surface area contributed by atoms with Gasteiger partial charge in [0.25, 0.3) is 5.91 Å². The first-order valence-corrected chi connectivity index (χ1v) is 7.16. The summed E-state index contributed by atoms with van der Waals surface area (Å²) in [6, 6.07) is 1.77. The summed E-state index contributed by atoms with van der Waals surface area (Å²) < 4.78 is 0. The van der Waals surface area contributed by atoms with Gasteiger partial charge in [0, 0.05) is 17.5 Å². The fourth-order valence-electron chi connectivity index (χ4n) is 2.50. The van der Waals surface area contributed by atoms with E-state index in [4.69, 9.17) is 5.11 Å². The molecule has 1 fully saturated rings. The van der Waals surface area contributed by atoms with Gasteiger partial charge < -0.3 is 10.4 Å². The Kier molecular flexibility index (Phi) is 4.36. The molecule has 2 N–H and O–H groups in total. The van der Waals surface area contributed by atoms with Crippen molar-refractivity contribution in [2.45, 2.75) is 25.7 Å². The molecule has 1 saturated carbocycles. The number of aliphatic carboxylic acids is 1. The second-order valence-corrected chi connectivity index (χ2v) is 5.49. The van der Waals surface area contributed by atoms with E-state index in [0.29, 0.717) is 12.1 Å². The number of hydrogen-bond acceptors (Lipinski definition) is 3. The Morgan fingerprint density at radius 2 is 2.17 bits per heavy atom. The van der Waals surface area contributed by atoms with Crippen LogP contribution in [0.1, 0.15) is 36.0 Å². The lowest BCUT2D eigenvalue weighted by molar-refractivity contribution is -0.144. The maximum atomic E-state index is 11.8. The topological polar surface area (TPSA) is 66.4 Å². The van der Waals surface area contributed by atoms with Crippen molar-refractivity contribution < 1.29 is 14.7 Å². The molecule has 1 aromatic rings. The Labute approximate surface area is 110 Å². The summed E-state index contributed by atoms with van der Waals surface area (Å²) in [5.74, 6) is -1.07. The molecule has 98 valence electrons. The minimum Gasteiger partial charge on any atom is -0.481 e. The van der Waals surface area contributed by atoms with Crippen molar-refractivity contribution >= 4 is 23.2 Å². The molecule has 18 heavy (non-hydrogen) atoms. The molecule has 1 aliphatic carbocycles. The number of carbonyl (C=O) groups is 2. The third-order valence-electron chi connectivity index (χ3n) is 3.53. The highest BCUT2D eigenvalue weighted by atomic mass is 32.1. The monoisotopic (exact) mass is 267 g/mol. The molecule has 5 heteroatoms. The van der Waals surface area contributed by atoms with Crippen LogP contribution in [0, 0.1) is 11.8 Å². The summed E-state index contributed by atoms with van der Waals surface area (Å²) in [5.41, 5.74) is 0.655. The smallest absolute Gasteiger partial charge is 0.306 e. The van der Waals surface area contributed by atoms with Crippen LogP contribution in [0.25, 0.3) is 0 Å². The van der Waals surface area contributed by atoms with Gasteiger partial charge in [-0.3, -0.25) is 9.59 Å². The number of carboxylic acid groups (broad SMARTS) is 1. The van der Waals surface area contributed by atoms with Crippen molar-refractivity contribution in [3.63, 3.8) is 0 Å². The van der Waals surface area contributed by atoms with Gasteiger partial charge in [-0.2, -0.15) is 11.3 Å². The van der Waals surface area contributed by atoms with Crippen molar-refractivity contribution in [2.75, 3.05) is 6.54 Å². The predicted octanol–water partition coefficient (Wildman–Crippen LogP) is 2.37. The fourth-order valence-corrected chi connectivity index (χ4v) is 3.13. The largest absolute Gasteiger partial charge is 0.481 e. The fraction of sp³-hybridized carbons (Fsp3) is 0.538. The van der Waals surface area contributed by atoms with Gasteiger partial charge in [-0.15, -0.1) is 0 Å². The Balaban J connectivity index is 1.88.